The van der Waals surface area contributed by atoms with Crippen LogP contribution in [0, 0.1) is 22.7 Å². The molecule has 0 aliphatic carbocycles. The molecule has 38 heavy (non-hydrogen) atoms. The Kier molecular flexibility index (Phi) is 6.65. The fourth-order valence-corrected chi connectivity index (χ4v) is 4.32. The van der Waals surface area contributed by atoms with Gasteiger partial charge in [0.25, 0.3) is 5.91 Å². The van der Waals surface area contributed by atoms with E-state index in [9.17, 15) is 20.4 Å². The highest BCUT2D eigenvalue weighted by atomic mass is 16.3. The number of benzene rings is 2. The van der Waals surface area contributed by atoms with Crippen LogP contribution >= 0.6 is 0 Å². The number of amides is 1. The van der Waals surface area contributed by atoms with Crippen molar-refractivity contribution in [2.45, 2.75) is 12.3 Å². The highest BCUT2D eigenvalue weighted by molar-refractivity contribution is 6.16. The summed E-state index contributed by atoms with van der Waals surface area (Å²) < 4.78 is 0. The van der Waals surface area contributed by atoms with Gasteiger partial charge in [-0.15, -0.1) is 0 Å². The number of carbonyl (C=O) groups excluding carboxylic acids is 1. The zero-order valence-corrected chi connectivity index (χ0v) is 19.9. The highest BCUT2D eigenvalue weighted by Crippen LogP contribution is 2.36. The summed E-state index contributed by atoms with van der Waals surface area (Å²) in [6.07, 6.45) is 5.12. The number of pyridine rings is 1. The summed E-state index contributed by atoms with van der Waals surface area (Å²) in [6, 6.07) is 18.5. The first kappa shape index (κ1) is 24.0. The van der Waals surface area contributed by atoms with Crippen LogP contribution < -0.4 is 16.2 Å². The summed E-state index contributed by atoms with van der Waals surface area (Å²) in [4.78, 5) is 22.1. The zero-order valence-electron chi connectivity index (χ0n) is 19.9. The van der Waals surface area contributed by atoms with Crippen molar-refractivity contribution in [2.75, 3.05) is 17.3 Å². The summed E-state index contributed by atoms with van der Waals surface area (Å²) >= 11 is 0. The van der Waals surface area contributed by atoms with Crippen LogP contribution in [-0.2, 0) is 0 Å². The smallest absolute Gasteiger partial charge is 0.261 e. The maximum atomic E-state index is 13.3. The number of hydrogen-bond acceptors (Lipinski definition) is 9. The van der Waals surface area contributed by atoms with Gasteiger partial charge in [-0.2, -0.15) is 15.6 Å². The van der Waals surface area contributed by atoms with Gasteiger partial charge in [-0.3, -0.25) is 25.3 Å². The van der Waals surface area contributed by atoms with E-state index in [1.54, 1.807) is 24.4 Å². The van der Waals surface area contributed by atoms with Crippen molar-refractivity contribution in [1.29, 1.82) is 10.5 Å². The lowest BCUT2D eigenvalue weighted by Gasteiger charge is -2.22. The third-order valence-electron chi connectivity index (χ3n) is 6.15. The molecule has 2 aromatic carbocycles. The minimum atomic E-state index is -0.631. The van der Waals surface area contributed by atoms with E-state index in [0.717, 1.165) is 5.69 Å². The standard InChI is InChI=1S/C27H21N9O2/c28-12-17-14-30-10-8-20(21-7-3-4-9-31-21)24(17)35-34-22-11-16-5-1-2-6-19(16)23(25(22)37)27(38)33-26-18(13-29)15-32-36-26/h1-7,9,11,14-15,20,34-35,37H,8,10H2,(H2,32,33,36,38). The number of aliphatic imine (C=N–C) groups is 1. The maximum Gasteiger partial charge on any atom is 0.261 e. The molecular weight excluding hydrogens is 482 g/mol. The topological polar surface area (TPSA) is 175 Å². The van der Waals surface area contributed by atoms with E-state index in [-0.39, 0.29) is 34.3 Å². The molecular formula is C27H21N9O2. The van der Waals surface area contributed by atoms with E-state index in [1.165, 1.54) is 12.4 Å². The van der Waals surface area contributed by atoms with Gasteiger partial charge in [-0.05, 0) is 35.4 Å². The van der Waals surface area contributed by atoms with Crippen LogP contribution in [0.4, 0.5) is 11.5 Å². The third kappa shape index (κ3) is 4.59. The number of anilines is 2. The summed E-state index contributed by atoms with van der Waals surface area (Å²) in [5.74, 6) is -1.08. The molecule has 0 fully saturated rings. The zero-order chi connectivity index (χ0) is 26.5. The number of hydrogen-bond donors (Lipinski definition) is 5. The number of aromatic hydroxyl groups is 1. The lowest BCUT2D eigenvalue weighted by molar-refractivity contribution is 0.102. The number of hydrazine groups is 1. The predicted octanol–water partition coefficient (Wildman–Crippen LogP) is 3.74. The molecule has 11 heteroatoms. The number of nitriles is 2. The number of rotatable bonds is 6. The van der Waals surface area contributed by atoms with Gasteiger partial charge in [0.2, 0.25) is 0 Å². The predicted molar refractivity (Wildman–Crippen MR) is 141 cm³/mol. The number of fused-ring (bicyclic) bond motifs is 1. The number of allylic oxidation sites excluding steroid dienone is 2. The molecule has 1 atom stereocenters. The molecule has 4 aromatic rings. The van der Waals surface area contributed by atoms with Crippen molar-refractivity contribution < 1.29 is 9.90 Å². The number of H-pyrrole nitrogens is 1. The molecule has 0 radical (unpaired) electrons. The SMILES string of the molecule is N#CC1=C(NNc2cc3ccccc3c(C(=O)Nc3[nH]ncc3C#N)c2O)C(c2ccccn2)CCN=C1. The summed E-state index contributed by atoms with van der Waals surface area (Å²) in [5.41, 5.74) is 8.09. The molecule has 2 aromatic heterocycles. The molecule has 0 spiro atoms. The molecule has 0 saturated heterocycles. The number of phenols is 1. The first-order valence-electron chi connectivity index (χ1n) is 11.7. The Hall–Kier alpha value is -5.68. The van der Waals surface area contributed by atoms with Crippen molar-refractivity contribution in [3.8, 4) is 17.9 Å². The van der Waals surface area contributed by atoms with Crippen molar-refractivity contribution in [1.82, 2.24) is 20.6 Å². The van der Waals surface area contributed by atoms with Crippen LogP contribution in [-0.4, -0.2) is 39.0 Å². The Balaban J connectivity index is 1.52. The fraction of sp³-hybridized carbons (Fsp3) is 0.111. The molecule has 1 aliphatic rings. The van der Waals surface area contributed by atoms with Crippen LogP contribution in [0.2, 0.25) is 0 Å². The number of nitrogens with one attached hydrogen (secondary N) is 4. The molecule has 1 aliphatic heterocycles. The first-order valence-corrected chi connectivity index (χ1v) is 11.7. The molecule has 0 bridgehead atoms. The van der Waals surface area contributed by atoms with Crippen molar-refractivity contribution >= 4 is 34.4 Å². The Morgan fingerprint density at radius 1 is 1.11 bits per heavy atom. The van der Waals surface area contributed by atoms with Crippen LogP contribution in [0.3, 0.4) is 0 Å². The van der Waals surface area contributed by atoms with Gasteiger partial charge in [0.05, 0.1) is 28.7 Å². The molecule has 1 amide bonds. The average Bonchev–Trinajstić information content (AvgIpc) is 3.29. The molecule has 0 saturated carbocycles. The molecule has 5 rings (SSSR count). The van der Waals surface area contributed by atoms with Gasteiger partial charge >= 0.3 is 0 Å². The number of nitrogens with zero attached hydrogens (tertiary/aromatic N) is 5. The van der Waals surface area contributed by atoms with E-state index in [1.807, 2.05) is 36.4 Å². The van der Waals surface area contributed by atoms with Crippen molar-refractivity contribution in [2.24, 2.45) is 4.99 Å². The molecule has 5 N–H and O–H groups in total. The van der Waals surface area contributed by atoms with Crippen LogP contribution in [0.25, 0.3) is 10.8 Å². The molecule has 1 unspecified atom stereocenters. The Morgan fingerprint density at radius 2 is 1.95 bits per heavy atom. The van der Waals surface area contributed by atoms with E-state index in [2.05, 4.69) is 42.4 Å². The van der Waals surface area contributed by atoms with E-state index in [0.29, 0.717) is 35.0 Å². The number of phenolic OH excluding ortho intramolecular Hbond substituents is 1. The Labute approximate surface area is 217 Å². The molecule has 11 nitrogen and oxygen atoms in total. The van der Waals surface area contributed by atoms with Crippen molar-refractivity contribution in [3.05, 3.63) is 89.0 Å². The van der Waals surface area contributed by atoms with E-state index < -0.39 is 5.91 Å². The quantitative estimate of drug-likeness (QED) is 0.195. The molecule has 3 heterocycles. The second-order valence-corrected chi connectivity index (χ2v) is 8.41. The normalized spacial score (nSPS) is 14.8. The fourth-order valence-electron chi connectivity index (χ4n) is 4.32. The summed E-state index contributed by atoms with van der Waals surface area (Å²) in [6.45, 7) is 0.515. The second-order valence-electron chi connectivity index (χ2n) is 8.41. The second kappa shape index (κ2) is 10.5. The minimum absolute atomic E-state index is 0.00378. The average molecular weight is 504 g/mol. The highest BCUT2D eigenvalue weighted by Gasteiger charge is 2.25. The van der Waals surface area contributed by atoms with Crippen LogP contribution in [0.1, 0.15) is 34.0 Å². The summed E-state index contributed by atoms with van der Waals surface area (Å²) in [5, 5.41) is 40.5. The maximum absolute atomic E-state index is 13.3. The van der Waals surface area contributed by atoms with Gasteiger partial charge in [0.1, 0.15) is 23.5 Å². The monoisotopic (exact) mass is 503 g/mol. The van der Waals surface area contributed by atoms with Crippen LogP contribution in [0.5, 0.6) is 5.75 Å². The lowest BCUT2D eigenvalue weighted by Crippen LogP contribution is -2.27. The summed E-state index contributed by atoms with van der Waals surface area (Å²) in [7, 11) is 0. The van der Waals surface area contributed by atoms with E-state index >= 15 is 0 Å². The first-order chi connectivity index (χ1) is 18.6. The van der Waals surface area contributed by atoms with Gasteiger partial charge in [-0.25, -0.2) is 0 Å². The van der Waals surface area contributed by atoms with Crippen LogP contribution in [0.15, 0.2) is 77.2 Å². The van der Waals surface area contributed by atoms with Gasteiger partial charge in [0.15, 0.2) is 5.75 Å². The minimum Gasteiger partial charge on any atom is -0.505 e. The van der Waals surface area contributed by atoms with Gasteiger partial charge < -0.3 is 15.8 Å². The number of carbonyl (C=O) groups is 1. The lowest BCUT2D eigenvalue weighted by atomic mass is 9.95. The Bertz CT molecular complexity index is 1660. The van der Waals surface area contributed by atoms with Gasteiger partial charge in [0, 0.05) is 30.6 Å². The Morgan fingerprint density at radius 3 is 2.74 bits per heavy atom. The largest absolute Gasteiger partial charge is 0.505 e. The number of aromatic nitrogens is 3. The number of aromatic amines is 1. The molecule has 186 valence electrons. The van der Waals surface area contributed by atoms with Crippen molar-refractivity contribution in [3.63, 3.8) is 0 Å². The van der Waals surface area contributed by atoms with E-state index in [4.69, 9.17) is 0 Å². The third-order valence-corrected chi connectivity index (χ3v) is 6.15. The van der Waals surface area contributed by atoms with Gasteiger partial charge in [-0.1, -0.05) is 30.3 Å².